The molecule has 0 amide bonds. The predicted molar refractivity (Wildman–Crippen MR) is 16.2 cm³/mol. The van der Waals surface area contributed by atoms with Gasteiger partial charge in [0.05, 0.1) is 0 Å². The molecule has 0 aliphatic heterocycles. The Hall–Kier alpha value is -0.992. The Bertz CT molecular complexity index is 96.7. The number of hydrogen-bond acceptors (Lipinski definition) is 8. The first kappa shape index (κ1) is 16.5. The Morgan fingerprint density at radius 1 is 0.909 bits per heavy atom. The normalized spacial score (nSPS) is 6.00. The topological polar surface area (TPSA) is 151 Å². The van der Waals surface area contributed by atoms with Crippen LogP contribution < -0.4 is 10.5 Å². The third-order valence-corrected chi connectivity index (χ3v) is 0.122. The maximum Gasteiger partial charge on any atom is 2.00 e. The Labute approximate surface area is 72.7 Å². The summed E-state index contributed by atoms with van der Waals surface area (Å²) in [6.45, 7) is 0. The molecule has 0 rings (SSSR count). The van der Waals surface area contributed by atoms with Crippen molar-refractivity contribution < 1.29 is 51.7 Å². The summed E-state index contributed by atoms with van der Waals surface area (Å²) in [6.07, 6.45) is 0. The fourth-order valence-corrected chi connectivity index (χ4v) is 0. The first-order valence-electron chi connectivity index (χ1n) is 1.43. The molecule has 0 atom stereocenters. The van der Waals surface area contributed by atoms with E-state index in [4.69, 9.17) is 30.7 Å². The van der Waals surface area contributed by atoms with E-state index in [1.54, 1.807) is 0 Å². The molecule has 0 aromatic rings. The van der Waals surface area contributed by atoms with E-state index in [9.17, 15) is 0 Å². The third-order valence-electron chi connectivity index (χ3n) is 0.122. The van der Waals surface area contributed by atoms with Crippen LogP contribution in [0, 0.1) is 20.2 Å². The summed E-state index contributed by atoms with van der Waals surface area (Å²) in [4.78, 5) is 21.7. The predicted octanol–water partition coefficient (Wildman–Crippen LogP) is -3.06. The molecular formula is N2O8Pt. The molecule has 0 aliphatic rings. The minimum atomic E-state index is -1.43. The zero-order valence-corrected chi connectivity index (χ0v) is 6.75. The van der Waals surface area contributed by atoms with Crippen molar-refractivity contribution in [2.24, 2.45) is 0 Å². The smallest absolute Gasteiger partial charge is 0.694 e. The largest absolute Gasteiger partial charge is 2.00 e. The van der Waals surface area contributed by atoms with Gasteiger partial charge in [0.25, 0.3) is 10.2 Å². The van der Waals surface area contributed by atoms with Gasteiger partial charge in [-0.2, -0.15) is 0 Å². The Balaban J connectivity index is -0.000000107. The van der Waals surface area contributed by atoms with Gasteiger partial charge in [0.1, 0.15) is 0 Å². The van der Waals surface area contributed by atoms with Crippen LogP contribution in [0.5, 0.6) is 0 Å². The van der Waals surface area contributed by atoms with Crippen molar-refractivity contribution in [3.63, 3.8) is 0 Å². The summed E-state index contributed by atoms with van der Waals surface area (Å²) < 4.78 is 0. The van der Waals surface area contributed by atoms with E-state index >= 15 is 0 Å². The van der Waals surface area contributed by atoms with Gasteiger partial charge >= 0.3 is 21.1 Å². The zero-order valence-electron chi connectivity index (χ0n) is 4.48. The van der Waals surface area contributed by atoms with Crippen molar-refractivity contribution in [3.05, 3.63) is 20.2 Å². The van der Waals surface area contributed by atoms with Crippen molar-refractivity contribution in [2.45, 2.75) is 0 Å². The van der Waals surface area contributed by atoms with Crippen LogP contribution in [0.2, 0.25) is 0 Å². The van der Waals surface area contributed by atoms with Gasteiger partial charge < -0.3 is 20.5 Å². The summed E-state index contributed by atoms with van der Waals surface area (Å²) in [6, 6.07) is 0. The summed E-state index contributed by atoms with van der Waals surface area (Å²) in [5.41, 5.74) is 0. The second-order valence-electron chi connectivity index (χ2n) is 0.596. The molecular weight excluding hydrogens is 351 g/mol. The van der Waals surface area contributed by atoms with Crippen LogP contribution >= 0.6 is 0 Å². The van der Waals surface area contributed by atoms with E-state index in [1.165, 1.54) is 0 Å². The fraction of sp³-hybridized carbons (Fsp3) is 0. The second kappa shape index (κ2) is 11.8. The molecule has 0 unspecified atom stereocenters. The maximum absolute atomic E-state index is 8.64. The van der Waals surface area contributed by atoms with Crippen LogP contribution in [-0.2, 0) is 31.0 Å². The van der Waals surface area contributed by atoms with Crippen LogP contribution in [0.3, 0.4) is 0 Å². The Morgan fingerprint density at radius 3 is 1.00 bits per heavy atom. The quantitative estimate of drug-likeness (QED) is 0.289. The van der Waals surface area contributed by atoms with Gasteiger partial charge in [-0.1, -0.05) is 0 Å². The van der Waals surface area contributed by atoms with Gasteiger partial charge in [0.15, 0.2) is 0 Å². The van der Waals surface area contributed by atoms with Crippen molar-refractivity contribution in [1.82, 2.24) is 0 Å². The minimum absolute atomic E-state index is 0. The molecule has 0 aromatic heterocycles. The van der Waals surface area contributed by atoms with Gasteiger partial charge in [-0.3, -0.25) is 0 Å². The van der Waals surface area contributed by atoms with Crippen LogP contribution in [-0.4, -0.2) is 10.2 Å². The first-order valence-corrected chi connectivity index (χ1v) is 1.43. The van der Waals surface area contributed by atoms with Crippen molar-refractivity contribution in [2.75, 3.05) is 0 Å². The Morgan fingerprint density at radius 2 is 1.00 bits per heavy atom. The van der Waals surface area contributed by atoms with Crippen LogP contribution in [0.25, 0.3) is 0 Å². The van der Waals surface area contributed by atoms with Crippen LogP contribution in [0.4, 0.5) is 0 Å². The van der Waals surface area contributed by atoms with E-state index in [1.807, 2.05) is 0 Å². The summed E-state index contributed by atoms with van der Waals surface area (Å²) >= 11 is 0. The van der Waals surface area contributed by atoms with Gasteiger partial charge in [-0.15, -0.1) is 20.2 Å². The third kappa shape index (κ3) is 48.9. The molecule has 0 fully saturated rings. The van der Waals surface area contributed by atoms with Gasteiger partial charge in [0, 0.05) is 0 Å². The average Bonchev–Trinajstić information content (AvgIpc) is 1.89. The van der Waals surface area contributed by atoms with E-state index in [0.29, 0.717) is 0 Å². The van der Waals surface area contributed by atoms with Crippen molar-refractivity contribution in [1.29, 1.82) is 0 Å². The summed E-state index contributed by atoms with van der Waals surface area (Å²) in [5, 5.41) is 31.3. The molecule has 68 valence electrons. The van der Waals surface area contributed by atoms with Crippen LogP contribution in [0.15, 0.2) is 0 Å². The van der Waals surface area contributed by atoms with E-state index in [2.05, 4.69) is 9.98 Å². The maximum atomic E-state index is 8.64. The van der Waals surface area contributed by atoms with Gasteiger partial charge in [-0.25, -0.2) is 0 Å². The van der Waals surface area contributed by atoms with Crippen molar-refractivity contribution >= 4 is 0 Å². The molecule has 11 heteroatoms. The van der Waals surface area contributed by atoms with E-state index in [0.717, 1.165) is 0 Å². The van der Waals surface area contributed by atoms with Crippen LogP contribution in [0.1, 0.15) is 0 Å². The molecule has 0 aliphatic carbocycles. The first-order chi connectivity index (χ1) is 4.54. The number of nitrogens with zero attached hydrogens (tertiary/aromatic N) is 2. The van der Waals surface area contributed by atoms with E-state index in [-0.39, 0.29) is 21.1 Å². The molecule has 0 radical (unpaired) electrons. The number of hydrogen-bond donors (Lipinski definition) is 0. The molecule has 11 heavy (non-hydrogen) atoms. The second-order valence-corrected chi connectivity index (χ2v) is 0.596. The molecule has 0 heterocycles. The standard InChI is InChI=1S/2HNO4.Pt/c2*2-1(3)5-4;/h2*4H;/q;;+2/p-2. The minimum Gasteiger partial charge on any atom is -0.694 e. The summed E-state index contributed by atoms with van der Waals surface area (Å²) in [5.74, 6) is 0. The monoisotopic (exact) mass is 351 g/mol. The molecule has 10 nitrogen and oxygen atoms in total. The Kier molecular flexibility index (Phi) is 17.7. The fourth-order valence-electron chi connectivity index (χ4n) is 0. The van der Waals surface area contributed by atoms with Crippen molar-refractivity contribution in [3.8, 4) is 0 Å². The zero-order chi connectivity index (χ0) is 8.57. The molecule has 0 bridgehead atoms. The van der Waals surface area contributed by atoms with Gasteiger partial charge in [-0.05, 0) is 0 Å². The molecule has 0 saturated carbocycles. The molecule has 0 saturated heterocycles. The summed E-state index contributed by atoms with van der Waals surface area (Å²) in [7, 11) is 0. The SMILES string of the molecule is O=[N+]([O-])O[O-].O=[N+]([O-])O[O-].[Pt+2]. The molecule has 0 spiro atoms. The average molecular weight is 351 g/mol. The molecule has 0 aromatic carbocycles. The van der Waals surface area contributed by atoms with Gasteiger partial charge in [0.2, 0.25) is 0 Å². The van der Waals surface area contributed by atoms with E-state index < -0.39 is 10.2 Å². The molecule has 0 N–H and O–H groups in total. The number of rotatable bonds is 2.